The first kappa shape index (κ1) is 9.76. The molecule has 0 aliphatic rings. The molecule has 0 heterocycles. The molecule has 0 radical (unpaired) electrons. The van der Waals surface area contributed by atoms with Crippen LogP contribution >= 0.6 is 11.6 Å². The Hall–Kier alpha value is -0.240. The zero-order valence-electron chi connectivity index (χ0n) is 6.31. The Kier molecular flexibility index (Phi) is 6.71. The highest BCUT2D eigenvalue weighted by Crippen LogP contribution is 2.01. The summed E-state index contributed by atoms with van der Waals surface area (Å²) in [4.78, 5) is 0. The van der Waals surface area contributed by atoms with E-state index >= 15 is 0 Å². The molecule has 0 rings (SSSR count). The van der Waals surface area contributed by atoms with E-state index in [4.69, 9.17) is 16.8 Å². The van der Waals surface area contributed by atoms with Gasteiger partial charge in [0.25, 0.3) is 0 Å². The first-order valence-corrected chi connectivity index (χ1v) is 4.14. The van der Waals surface area contributed by atoms with Gasteiger partial charge in [0.2, 0.25) is 0 Å². The molecule has 1 N–H and O–H groups in total. The van der Waals surface area contributed by atoms with Crippen molar-refractivity contribution >= 4 is 17.3 Å². The van der Waals surface area contributed by atoms with E-state index in [9.17, 15) is 0 Å². The number of unbranched alkanes of at least 4 members (excludes halogenated alkanes) is 1. The average Bonchev–Trinajstić information content (AvgIpc) is 1.99. The Bertz CT molecular complexity index is 104. The van der Waals surface area contributed by atoms with Crippen LogP contribution in [0.25, 0.3) is 0 Å². The maximum atomic E-state index is 8.38. The molecular formula is C7H14ClNO. The molecule has 0 aliphatic heterocycles. The van der Waals surface area contributed by atoms with E-state index in [0.717, 1.165) is 31.4 Å². The van der Waals surface area contributed by atoms with Gasteiger partial charge in [0.15, 0.2) is 0 Å². The second kappa shape index (κ2) is 6.87. The fourth-order valence-corrected chi connectivity index (χ4v) is 0.910. The van der Waals surface area contributed by atoms with Gasteiger partial charge in [-0.25, -0.2) is 0 Å². The van der Waals surface area contributed by atoms with E-state index in [-0.39, 0.29) is 0 Å². The zero-order valence-corrected chi connectivity index (χ0v) is 7.06. The Morgan fingerprint density at radius 3 is 2.60 bits per heavy atom. The predicted octanol–water partition coefficient (Wildman–Crippen LogP) is 2.64. The molecule has 0 aromatic rings. The molecule has 3 heteroatoms. The van der Waals surface area contributed by atoms with Gasteiger partial charge in [0.1, 0.15) is 0 Å². The van der Waals surface area contributed by atoms with Crippen molar-refractivity contribution < 1.29 is 5.21 Å². The Balaban J connectivity index is 3.27. The lowest BCUT2D eigenvalue weighted by Gasteiger charge is -1.97. The van der Waals surface area contributed by atoms with Crippen LogP contribution in [0.2, 0.25) is 0 Å². The predicted molar refractivity (Wildman–Crippen MR) is 44.1 cm³/mol. The minimum absolute atomic E-state index is 0.697. The lowest BCUT2D eigenvalue weighted by molar-refractivity contribution is 0.316. The third-order valence-electron chi connectivity index (χ3n) is 1.40. The summed E-state index contributed by atoms with van der Waals surface area (Å²) >= 11 is 5.47. The third kappa shape index (κ3) is 4.62. The van der Waals surface area contributed by atoms with Crippen LogP contribution in [0.4, 0.5) is 0 Å². The van der Waals surface area contributed by atoms with E-state index in [1.165, 1.54) is 0 Å². The van der Waals surface area contributed by atoms with Gasteiger partial charge in [0, 0.05) is 5.88 Å². The monoisotopic (exact) mass is 163 g/mol. The summed E-state index contributed by atoms with van der Waals surface area (Å²) in [5, 5.41) is 11.5. The molecule has 0 fully saturated rings. The van der Waals surface area contributed by atoms with Crippen LogP contribution in [0.1, 0.15) is 32.6 Å². The van der Waals surface area contributed by atoms with Crippen molar-refractivity contribution in [3.8, 4) is 0 Å². The SMILES string of the molecule is CC/C(CCCCCl)=N/O. The van der Waals surface area contributed by atoms with Gasteiger partial charge in [-0.2, -0.15) is 0 Å². The maximum Gasteiger partial charge on any atom is 0.0568 e. The summed E-state index contributed by atoms with van der Waals surface area (Å²) in [6.07, 6.45) is 3.73. The van der Waals surface area contributed by atoms with E-state index in [1.807, 2.05) is 6.92 Å². The zero-order chi connectivity index (χ0) is 7.82. The van der Waals surface area contributed by atoms with Crippen molar-refractivity contribution in [2.24, 2.45) is 5.16 Å². The highest BCUT2D eigenvalue weighted by atomic mass is 35.5. The Morgan fingerprint density at radius 2 is 2.20 bits per heavy atom. The molecule has 0 aromatic carbocycles. The van der Waals surface area contributed by atoms with Crippen LogP contribution in [-0.2, 0) is 0 Å². The fraction of sp³-hybridized carbons (Fsp3) is 0.857. The lowest BCUT2D eigenvalue weighted by Crippen LogP contribution is -1.95. The van der Waals surface area contributed by atoms with Gasteiger partial charge in [-0.15, -0.1) is 11.6 Å². The van der Waals surface area contributed by atoms with Crippen molar-refractivity contribution in [1.82, 2.24) is 0 Å². The molecule has 60 valence electrons. The van der Waals surface area contributed by atoms with Crippen LogP contribution in [0.3, 0.4) is 0 Å². The van der Waals surface area contributed by atoms with Crippen molar-refractivity contribution in [2.45, 2.75) is 32.6 Å². The van der Waals surface area contributed by atoms with Crippen LogP contribution in [0, 0.1) is 0 Å². The van der Waals surface area contributed by atoms with Crippen molar-refractivity contribution in [2.75, 3.05) is 5.88 Å². The molecule has 0 saturated heterocycles. The van der Waals surface area contributed by atoms with Crippen LogP contribution in [0.5, 0.6) is 0 Å². The molecule has 0 aromatic heterocycles. The van der Waals surface area contributed by atoms with Crippen molar-refractivity contribution in [1.29, 1.82) is 0 Å². The standard InChI is InChI=1S/C7H14ClNO/c1-2-7(9-10)5-3-4-6-8/h10H,2-6H2,1H3/b9-7-. The summed E-state index contributed by atoms with van der Waals surface area (Å²) in [5.74, 6) is 0.697. The van der Waals surface area contributed by atoms with Gasteiger partial charge in [-0.3, -0.25) is 0 Å². The molecule has 0 unspecified atom stereocenters. The summed E-state index contributed by atoms with van der Waals surface area (Å²) in [7, 11) is 0. The van der Waals surface area contributed by atoms with Gasteiger partial charge < -0.3 is 5.21 Å². The average molecular weight is 164 g/mol. The maximum absolute atomic E-state index is 8.38. The summed E-state index contributed by atoms with van der Waals surface area (Å²) in [6.45, 7) is 1.98. The number of hydrogen-bond donors (Lipinski definition) is 1. The molecule has 0 aliphatic carbocycles. The summed E-state index contributed by atoms with van der Waals surface area (Å²) in [5.41, 5.74) is 0.866. The van der Waals surface area contributed by atoms with Crippen molar-refractivity contribution in [3.05, 3.63) is 0 Å². The fourth-order valence-electron chi connectivity index (χ4n) is 0.721. The Morgan fingerprint density at radius 1 is 1.50 bits per heavy atom. The summed E-state index contributed by atoms with van der Waals surface area (Å²) in [6, 6.07) is 0. The molecule has 10 heavy (non-hydrogen) atoms. The molecule has 0 atom stereocenters. The molecule has 0 amide bonds. The van der Waals surface area contributed by atoms with Gasteiger partial charge in [-0.05, 0) is 25.7 Å². The number of halogens is 1. The number of oxime groups is 1. The van der Waals surface area contributed by atoms with Gasteiger partial charge >= 0.3 is 0 Å². The number of hydrogen-bond acceptors (Lipinski definition) is 2. The molecular weight excluding hydrogens is 150 g/mol. The van der Waals surface area contributed by atoms with Crippen LogP contribution < -0.4 is 0 Å². The second-order valence-corrected chi connectivity index (χ2v) is 2.54. The van der Waals surface area contributed by atoms with E-state index < -0.39 is 0 Å². The molecule has 2 nitrogen and oxygen atoms in total. The van der Waals surface area contributed by atoms with E-state index in [0.29, 0.717) is 5.88 Å². The highest BCUT2D eigenvalue weighted by Gasteiger charge is 1.95. The Labute approximate surface area is 66.9 Å². The minimum atomic E-state index is 0.697. The first-order chi connectivity index (χ1) is 4.85. The smallest absolute Gasteiger partial charge is 0.0568 e. The second-order valence-electron chi connectivity index (χ2n) is 2.17. The van der Waals surface area contributed by atoms with Gasteiger partial charge in [-0.1, -0.05) is 12.1 Å². The molecule has 0 saturated carbocycles. The number of nitrogens with zero attached hydrogens (tertiary/aromatic N) is 1. The van der Waals surface area contributed by atoms with E-state index in [2.05, 4.69) is 5.16 Å². The largest absolute Gasteiger partial charge is 0.411 e. The first-order valence-electron chi connectivity index (χ1n) is 3.61. The quantitative estimate of drug-likeness (QED) is 0.218. The minimum Gasteiger partial charge on any atom is -0.411 e. The lowest BCUT2D eigenvalue weighted by atomic mass is 10.1. The summed E-state index contributed by atoms with van der Waals surface area (Å²) < 4.78 is 0. The third-order valence-corrected chi connectivity index (χ3v) is 1.67. The molecule has 0 bridgehead atoms. The number of alkyl halides is 1. The van der Waals surface area contributed by atoms with Crippen LogP contribution in [-0.4, -0.2) is 16.8 Å². The van der Waals surface area contributed by atoms with Crippen molar-refractivity contribution in [3.63, 3.8) is 0 Å². The number of rotatable bonds is 5. The normalized spacial score (nSPS) is 12.0. The van der Waals surface area contributed by atoms with Gasteiger partial charge in [0.05, 0.1) is 5.71 Å². The topological polar surface area (TPSA) is 32.6 Å². The van der Waals surface area contributed by atoms with E-state index in [1.54, 1.807) is 0 Å². The molecule has 0 spiro atoms. The van der Waals surface area contributed by atoms with Crippen LogP contribution in [0.15, 0.2) is 5.16 Å². The highest BCUT2D eigenvalue weighted by molar-refractivity contribution is 6.17.